The smallest absolute Gasteiger partial charge is 0.249 e. The van der Waals surface area contributed by atoms with Crippen LogP contribution in [0.3, 0.4) is 0 Å². The SMILES string of the molecule is C[C@@H]1CN(c2ccc(C#N)c3nccnc23)C[C@@H]1NC(=O)[C@H](O)C1CC1. The van der Waals surface area contributed by atoms with E-state index >= 15 is 0 Å². The second kappa shape index (κ2) is 6.54. The normalized spacial score (nSPS) is 23.7. The van der Waals surface area contributed by atoms with E-state index in [4.69, 9.17) is 0 Å². The Morgan fingerprint density at radius 3 is 2.73 bits per heavy atom. The number of aromatic nitrogens is 2. The van der Waals surface area contributed by atoms with E-state index in [-0.39, 0.29) is 23.8 Å². The lowest BCUT2D eigenvalue weighted by Gasteiger charge is -2.21. The Kier molecular flexibility index (Phi) is 4.21. The Morgan fingerprint density at radius 1 is 1.31 bits per heavy atom. The van der Waals surface area contributed by atoms with Crippen molar-refractivity contribution in [1.82, 2.24) is 15.3 Å². The van der Waals surface area contributed by atoms with E-state index in [0.717, 1.165) is 25.1 Å². The quantitative estimate of drug-likeness (QED) is 0.858. The number of hydrogen-bond donors (Lipinski definition) is 2. The van der Waals surface area contributed by atoms with Crippen molar-refractivity contribution < 1.29 is 9.90 Å². The molecular weight excluding hydrogens is 330 g/mol. The molecule has 1 aromatic carbocycles. The second-order valence-corrected chi connectivity index (χ2v) is 7.28. The molecule has 0 radical (unpaired) electrons. The average Bonchev–Trinajstić information content (AvgIpc) is 3.44. The lowest BCUT2D eigenvalue weighted by atomic mass is 10.1. The third-order valence-electron chi connectivity index (χ3n) is 5.34. The predicted octanol–water partition coefficient (Wildman–Crippen LogP) is 1.21. The molecule has 1 saturated carbocycles. The third kappa shape index (κ3) is 2.97. The van der Waals surface area contributed by atoms with Gasteiger partial charge >= 0.3 is 0 Å². The van der Waals surface area contributed by atoms with Crippen LogP contribution in [0.4, 0.5) is 5.69 Å². The van der Waals surface area contributed by atoms with Gasteiger partial charge in [0.25, 0.3) is 0 Å². The number of rotatable bonds is 4. The molecule has 134 valence electrons. The minimum Gasteiger partial charge on any atom is -0.383 e. The van der Waals surface area contributed by atoms with Crippen LogP contribution in [-0.2, 0) is 4.79 Å². The summed E-state index contributed by atoms with van der Waals surface area (Å²) in [6, 6.07) is 5.78. The van der Waals surface area contributed by atoms with Crippen molar-refractivity contribution in [2.45, 2.75) is 31.9 Å². The van der Waals surface area contributed by atoms with Crippen LogP contribution >= 0.6 is 0 Å². The zero-order valence-corrected chi connectivity index (χ0v) is 14.6. The summed E-state index contributed by atoms with van der Waals surface area (Å²) in [5, 5.41) is 22.3. The highest BCUT2D eigenvalue weighted by molar-refractivity contribution is 5.92. The molecule has 1 amide bonds. The highest BCUT2D eigenvalue weighted by Gasteiger charge is 2.38. The van der Waals surface area contributed by atoms with Crippen LogP contribution in [0.5, 0.6) is 0 Å². The largest absolute Gasteiger partial charge is 0.383 e. The summed E-state index contributed by atoms with van der Waals surface area (Å²) in [4.78, 5) is 23.1. The number of nitrogens with one attached hydrogen (secondary N) is 1. The first kappa shape index (κ1) is 16.7. The number of fused-ring (bicyclic) bond motifs is 1. The van der Waals surface area contributed by atoms with Gasteiger partial charge in [-0.05, 0) is 36.8 Å². The summed E-state index contributed by atoms with van der Waals surface area (Å²) in [5.74, 6) is 0.101. The van der Waals surface area contributed by atoms with Gasteiger partial charge in [-0.15, -0.1) is 0 Å². The Balaban J connectivity index is 1.55. The highest BCUT2D eigenvalue weighted by atomic mass is 16.3. The first-order valence-electron chi connectivity index (χ1n) is 8.95. The standard InChI is InChI=1S/C19H21N5O2/c1-11-9-24(10-14(11)23-19(26)18(25)12-2-3-12)15-5-4-13(8-20)16-17(15)22-7-6-21-16/h4-7,11-12,14,18,25H,2-3,9-10H2,1H3,(H,23,26)/t11-,14+,18-/m1/s1. The van der Waals surface area contributed by atoms with Gasteiger partial charge in [0.15, 0.2) is 0 Å². The number of aliphatic hydroxyl groups excluding tert-OH is 1. The number of nitriles is 1. The fourth-order valence-corrected chi connectivity index (χ4v) is 3.63. The molecule has 0 unspecified atom stereocenters. The maximum atomic E-state index is 12.2. The van der Waals surface area contributed by atoms with Gasteiger partial charge in [-0.3, -0.25) is 14.8 Å². The van der Waals surface area contributed by atoms with Crippen molar-refractivity contribution in [2.75, 3.05) is 18.0 Å². The second-order valence-electron chi connectivity index (χ2n) is 7.28. The molecule has 1 aliphatic heterocycles. The number of nitrogens with zero attached hydrogens (tertiary/aromatic N) is 4. The highest BCUT2D eigenvalue weighted by Crippen LogP contribution is 2.33. The van der Waals surface area contributed by atoms with E-state index in [1.807, 2.05) is 6.07 Å². The van der Waals surface area contributed by atoms with Gasteiger partial charge in [0, 0.05) is 25.5 Å². The van der Waals surface area contributed by atoms with Crippen LogP contribution in [0.25, 0.3) is 11.0 Å². The molecule has 2 heterocycles. The van der Waals surface area contributed by atoms with Gasteiger partial charge in [-0.25, -0.2) is 0 Å². The van der Waals surface area contributed by atoms with E-state index in [1.165, 1.54) is 0 Å². The molecule has 1 aromatic heterocycles. The molecule has 2 aromatic rings. The fraction of sp³-hybridized carbons (Fsp3) is 0.474. The van der Waals surface area contributed by atoms with Gasteiger partial charge in [-0.1, -0.05) is 6.92 Å². The predicted molar refractivity (Wildman–Crippen MR) is 96.3 cm³/mol. The van der Waals surface area contributed by atoms with Gasteiger partial charge in [-0.2, -0.15) is 5.26 Å². The lowest BCUT2D eigenvalue weighted by Crippen LogP contribution is -2.45. The van der Waals surface area contributed by atoms with Crippen LogP contribution < -0.4 is 10.2 Å². The number of carbonyl (C=O) groups is 1. The van der Waals surface area contributed by atoms with E-state index < -0.39 is 6.10 Å². The topological polar surface area (TPSA) is 102 Å². The summed E-state index contributed by atoms with van der Waals surface area (Å²) in [6.07, 6.45) is 4.17. The van der Waals surface area contributed by atoms with Gasteiger partial charge in [0.05, 0.1) is 17.3 Å². The Hall–Kier alpha value is -2.72. The fourth-order valence-electron chi connectivity index (χ4n) is 3.63. The van der Waals surface area contributed by atoms with Crippen molar-refractivity contribution >= 4 is 22.6 Å². The molecule has 7 nitrogen and oxygen atoms in total. The van der Waals surface area contributed by atoms with Crippen LogP contribution in [0.15, 0.2) is 24.5 Å². The van der Waals surface area contributed by atoms with E-state index in [2.05, 4.69) is 33.2 Å². The number of anilines is 1. The molecule has 26 heavy (non-hydrogen) atoms. The van der Waals surface area contributed by atoms with E-state index in [9.17, 15) is 15.2 Å². The zero-order valence-electron chi connectivity index (χ0n) is 14.6. The number of aliphatic hydroxyl groups is 1. The van der Waals surface area contributed by atoms with Crippen molar-refractivity contribution in [1.29, 1.82) is 5.26 Å². The lowest BCUT2D eigenvalue weighted by molar-refractivity contribution is -0.131. The summed E-state index contributed by atoms with van der Waals surface area (Å²) in [5.41, 5.74) is 2.71. The van der Waals surface area contributed by atoms with Crippen molar-refractivity contribution in [3.63, 3.8) is 0 Å². The van der Waals surface area contributed by atoms with E-state index in [0.29, 0.717) is 23.1 Å². The maximum absolute atomic E-state index is 12.2. The molecule has 1 saturated heterocycles. The van der Waals surface area contributed by atoms with Crippen LogP contribution in [0.1, 0.15) is 25.3 Å². The molecule has 7 heteroatoms. The summed E-state index contributed by atoms with van der Waals surface area (Å²) in [7, 11) is 0. The molecule has 1 aliphatic carbocycles. The average molecular weight is 351 g/mol. The van der Waals surface area contributed by atoms with Crippen LogP contribution in [-0.4, -0.2) is 46.2 Å². The van der Waals surface area contributed by atoms with Gasteiger partial charge in [0.2, 0.25) is 5.91 Å². The number of carbonyl (C=O) groups excluding carboxylic acids is 1. The number of benzene rings is 1. The Bertz CT molecular complexity index is 889. The molecule has 3 atom stereocenters. The Labute approximate surface area is 151 Å². The Morgan fingerprint density at radius 2 is 2.04 bits per heavy atom. The summed E-state index contributed by atoms with van der Waals surface area (Å²) >= 11 is 0. The first-order valence-corrected chi connectivity index (χ1v) is 8.95. The van der Waals surface area contributed by atoms with Gasteiger partial charge < -0.3 is 15.3 Å². The number of hydrogen-bond acceptors (Lipinski definition) is 6. The van der Waals surface area contributed by atoms with Crippen LogP contribution in [0.2, 0.25) is 0 Å². The minimum absolute atomic E-state index is 0.0294. The molecule has 0 spiro atoms. The maximum Gasteiger partial charge on any atom is 0.249 e. The minimum atomic E-state index is -0.891. The van der Waals surface area contributed by atoms with Gasteiger partial charge in [0.1, 0.15) is 23.2 Å². The molecule has 2 aliphatic rings. The molecule has 4 rings (SSSR count). The van der Waals surface area contributed by atoms with E-state index in [1.54, 1.807) is 18.5 Å². The molecule has 2 fully saturated rings. The van der Waals surface area contributed by atoms with Crippen molar-refractivity contribution in [3.8, 4) is 6.07 Å². The van der Waals surface area contributed by atoms with Crippen LogP contribution in [0, 0.1) is 23.2 Å². The third-order valence-corrected chi connectivity index (χ3v) is 5.34. The molecule has 0 bridgehead atoms. The monoisotopic (exact) mass is 351 g/mol. The molecular formula is C19H21N5O2. The summed E-state index contributed by atoms with van der Waals surface area (Å²) < 4.78 is 0. The first-order chi connectivity index (χ1) is 12.6. The van der Waals surface area contributed by atoms with Crippen molar-refractivity contribution in [3.05, 3.63) is 30.1 Å². The number of amides is 1. The van der Waals surface area contributed by atoms with Crippen molar-refractivity contribution in [2.24, 2.45) is 11.8 Å². The zero-order chi connectivity index (χ0) is 18.3. The molecule has 2 N–H and O–H groups in total. The summed E-state index contributed by atoms with van der Waals surface area (Å²) in [6.45, 7) is 3.50.